The van der Waals surface area contributed by atoms with E-state index in [0.29, 0.717) is 0 Å². The van der Waals surface area contributed by atoms with Gasteiger partial charge in [0.05, 0.1) is 0 Å². The highest BCUT2D eigenvalue weighted by atomic mass is 35.5. The number of halogens is 1. The fourth-order valence-electron chi connectivity index (χ4n) is 2.33. The molecule has 1 saturated carbocycles. The topological polar surface area (TPSA) is 26.3 Å². The monoisotopic (exact) mass is 266 g/mol. The van der Waals surface area contributed by atoms with Gasteiger partial charge >= 0.3 is 5.97 Å². The lowest BCUT2D eigenvalue weighted by Gasteiger charge is -2.26. The van der Waals surface area contributed by atoms with E-state index >= 15 is 0 Å². The van der Waals surface area contributed by atoms with E-state index < -0.39 is 5.38 Å². The van der Waals surface area contributed by atoms with Crippen molar-refractivity contribution in [1.82, 2.24) is 0 Å². The van der Waals surface area contributed by atoms with Crippen LogP contribution in [0.4, 0.5) is 0 Å². The van der Waals surface area contributed by atoms with Crippen molar-refractivity contribution < 1.29 is 9.53 Å². The van der Waals surface area contributed by atoms with Crippen LogP contribution in [0.15, 0.2) is 30.3 Å². The Labute approximate surface area is 113 Å². The van der Waals surface area contributed by atoms with Crippen LogP contribution in [0, 0.1) is 5.92 Å². The molecule has 1 atom stereocenters. The molecule has 0 aromatic heterocycles. The Bertz CT molecular complexity index is 383. The zero-order valence-electron chi connectivity index (χ0n) is 10.6. The molecule has 0 bridgehead atoms. The highest BCUT2D eigenvalue weighted by molar-refractivity contribution is 6.29. The first-order chi connectivity index (χ1) is 8.66. The minimum absolute atomic E-state index is 0.0543. The van der Waals surface area contributed by atoms with Crippen molar-refractivity contribution >= 4 is 17.6 Å². The van der Waals surface area contributed by atoms with Gasteiger partial charge in [-0.1, -0.05) is 37.3 Å². The lowest BCUT2D eigenvalue weighted by Crippen LogP contribution is -2.25. The van der Waals surface area contributed by atoms with Crippen molar-refractivity contribution in [3.05, 3.63) is 35.9 Å². The normalized spacial score (nSPS) is 25.4. The molecule has 0 amide bonds. The first-order valence-corrected chi connectivity index (χ1v) is 7.00. The first kappa shape index (κ1) is 13.4. The molecule has 1 aromatic rings. The minimum atomic E-state index is -0.689. The number of benzene rings is 1. The predicted molar refractivity (Wildman–Crippen MR) is 72.5 cm³/mol. The number of ether oxygens (including phenoxy) is 1. The first-order valence-electron chi connectivity index (χ1n) is 6.56. The van der Waals surface area contributed by atoms with Gasteiger partial charge in [0.1, 0.15) is 6.10 Å². The molecule has 0 spiro atoms. The largest absolute Gasteiger partial charge is 0.461 e. The molecule has 1 fully saturated rings. The third-order valence-corrected chi connectivity index (χ3v) is 3.98. The molecule has 3 heteroatoms. The summed E-state index contributed by atoms with van der Waals surface area (Å²) >= 11 is 6.13. The molecule has 0 saturated heterocycles. The van der Waals surface area contributed by atoms with Gasteiger partial charge in [-0.05, 0) is 37.2 Å². The Morgan fingerprint density at radius 1 is 1.22 bits per heavy atom. The van der Waals surface area contributed by atoms with Gasteiger partial charge in [0.25, 0.3) is 0 Å². The summed E-state index contributed by atoms with van der Waals surface area (Å²) in [6.45, 7) is 2.24. The van der Waals surface area contributed by atoms with Crippen LogP contribution >= 0.6 is 11.6 Å². The summed E-state index contributed by atoms with van der Waals surface area (Å²) in [5.74, 6) is 0.434. The molecule has 18 heavy (non-hydrogen) atoms. The van der Waals surface area contributed by atoms with Crippen molar-refractivity contribution in [2.75, 3.05) is 0 Å². The average Bonchev–Trinajstić information content (AvgIpc) is 2.41. The van der Waals surface area contributed by atoms with Crippen LogP contribution in [0.1, 0.15) is 43.5 Å². The number of hydrogen-bond acceptors (Lipinski definition) is 2. The van der Waals surface area contributed by atoms with E-state index in [1.807, 2.05) is 30.3 Å². The van der Waals surface area contributed by atoms with Crippen LogP contribution in [-0.2, 0) is 9.53 Å². The van der Waals surface area contributed by atoms with Gasteiger partial charge in [0, 0.05) is 0 Å². The Kier molecular flexibility index (Phi) is 4.65. The van der Waals surface area contributed by atoms with Gasteiger partial charge in [-0.3, -0.25) is 4.79 Å². The maximum atomic E-state index is 11.9. The van der Waals surface area contributed by atoms with E-state index in [1.165, 1.54) is 0 Å². The van der Waals surface area contributed by atoms with E-state index in [0.717, 1.165) is 37.2 Å². The molecular weight excluding hydrogens is 248 g/mol. The van der Waals surface area contributed by atoms with Crippen LogP contribution in [0.5, 0.6) is 0 Å². The van der Waals surface area contributed by atoms with E-state index in [-0.39, 0.29) is 12.1 Å². The Hall–Kier alpha value is -1.02. The molecule has 0 N–H and O–H groups in total. The molecule has 2 nitrogen and oxygen atoms in total. The summed E-state index contributed by atoms with van der Waals surface area (Å²) in [5, 5.41) is -0.689. The standard InChI is InChI=1S/C15H19ClO2/c1-11-7-9-13(10-8-11)18-15(17)14(16)12-5-3-2-4-6-12/h2-6,11,13-14H,7-10H2,1H3. The van der Waals surface area contributed by atoms with Crippen molar-refractivity contribution in [2.45, 2.75) is 44.1 Å². The van der Waals surface area contributed by atoms with Gasteiger partial charge < -0.3 is 4.74 Å². The van der Waals surface area contributed by atoms with E-state index in [2.05, 4.69) is 6.92 Å². The van der Waals surface area contributed by atoms with E-state index in [9.17, 15) is 4.79 Å². The van der Waals surface area contributed by atoms with E-state index in [4.69, 9.17) is 16.3 Å². The van der Waals surface area contributed by atoms with Gasteiger partial charge in [-0.25, -0.2) is 0 Å². The highest BCUT2D eigenvalue weighted by Gasteiger charge is 2.25. The second-order valence-electron chi connectivity index (χ2n) is 5.09. The fraction of sp³-hybridized carbons (Fsp3) is 0.533. The molecule has 1 unspecified atom stereocenters. The second kappa shape index (κ2) is 6.24. The quantitative estimate of drug-likeness (QED) is 0.608. The molecule has 98 valence electrons. The van der Waals surface area contributed by atoms with Crippen LogP contribution in [-0.4, -0.2) is 12.1 Å². The third-order valence-electron chi connectivity index (χ3n) is 3.54. The van der Waals surface area contributed by atoms with Crippen LogP contribution in [0.25, 0.3) is 0 Å². The predicted octanol–water partition coefficient (Wildman–Crippen LogP) is 4.09. The van der Waals surface area contributed by atoms with Crippen molar-refractivity contribution in [1.29, 1.82) is 0 Å². The summed E-state index contributed by atoms with van der Waals surface area (Å²) in [7, 11) is 0. The smallest absolute Gasteiger partial charge is 0.328 e. The van der Waals surface area contributed by atoms with Crippen molar-refractivity contribution in [2.24, 2.45) is 5.92 Å². The van der Waals surface area contributed by atoms with Gasteiger partial charge in [-0.2, -0.15) is 0 Å². The number of carbonyl (C=O) groups is 1. The Morgan fingerprint density at radius 2 is 1.83 bits per heavy atom. The summed E-state index contributed by atoms with van der Waals surface area (Å²) in [6, 6.07) is 9.35. The maximum Gasteiger partial charge on any atom is 0.328 e. The highest BCUT2D eigenvalue weighted by Crippen LogP contribution is 2.28. The van der Waals surface area contributed by atoms with Crippen LogP contribution in [0.3, 0.4) is 0 Å². The number of esters is 1. The van der Waals surface area contributed by atoms with Gasteiger partial charge in [-0.15, -0.1) is 11.6 Å². The zero-order chi connectivity index (χ0) is 13.0. The van der Waals surface area contributed by atoms with E-state index in [1.54, 1.807) is 0 Å². The lowest BCUT2D eigenvalue weighted by molar-refractivity contribution is -0.150. The lowest BCUT2D eigenvalue weighted by atomic mass is 9.89. The second-order valence-corrected chi connectivity index (χ2v) is 5.53. The molecule has 0 radical (unpaired) electrons. The Balaban J connectivity index is 1.88. The average molecular weight is 267 g/mol. The molecule has 1 aliphatic rings. The minimum Gasteiger partial charge on any atom is -0.461 e. The van der Waals surface area contributed by atoms with Crippen LogP contribution in [0.2, 0.25) is 0 Å². The number of carbonyl (C=O) groups excluding carboxylic acids is 1. The van der Waals surface area contributed by atoms with Crippen molar-refractivity contribution in [3.63, 3.8) is 0 Å². The summed E-state index contributed by atoms with van der Waals surface area (Å²) in [5.41, 5.74) is 0.799. The third kappa shape index (κ3) is 3.49. The van der Waals surface area contributed by atoms with Crippen LogP contribution < -0.4 is 0 Å². The van der Waals surface area contributed by atoms with Gasteiger partial charge in [0.2, 0.25) is 0 Å². The Morgan fingerprint density at radius 3 is 2.44 bits per heavy atom. The molecule has 0 aliphatic heterocycles. The molecule has 1 aromatic carbocycles. The number of hydrogen-bond donors (Lipinski definition) is 0. The molecule has 1 aliphatic carbocycles. The number of alkyl halides is 1. The summed E-state index contributed by atoms with van der Waals surface area (Å²) in [4.78, 5) is 11.9. The molecule has 2 rings (SSSR count). The number of rotatable bonds is 3. The fourth-order valence-corrected chi connectivity index (χ4v) is 2.53. The van der Waals surface area contributed by atoms with Crippen molar-refractivity contribution in [3.8, 4) is 0 Å². The zero-order valence-corrected chi connectivity index (χ0v) is 11.4. The molecular formula is C15H19ClO2. The molecule has 0 heterocycles. The summed E-state index contributed by atoms with van der Waals surface area (Å²) in [6.07, 6.45) is 4.25. The van der Waals surface area contributed by atoms with Gasteiger partial charge in [0.15, 0.2) is 5.38 Å². The maximum absolute atomic E-state index is 11.9. The SMILES string of the molecule is CC1CCC(OC(=O)C(Cl)c2ccccc2)CC1. The summed E-state index contributed by atoms with van der Waals surface area (Å²) < 4.78 is 5.48.